The second-order valence-electron chi connectivity index (χ2n) is 5.01. The van der Waals surface area contributed by atoms with E-state index in [1.54, 1.807) is 18.4 Å². The molecule has 1 heterocycles. The minimum Gasteiger partial charge on any atom is -0.480 e. The van der Waals surface area contributed by atoms with Gasteiger partial charge in [0.25, 0.3) is 0 Å². The van der Waals surface area contributed by atoms with Gasteiger partial charge >= 0.3 is 5.97 Å². The number of thioether (sulfide) groups is 1. The molecule has 0 bridgehead atoms. The Balaban J connectivity index is 2.11. The molecule has 1 aromatic carbocycles. The monoisotopic (exact) mass is 371 g/mol. The van der Waals surface area contributed by atoms with E-state index in [4.69, 9.17) is 9.47 Å². The standard InChI is InChI=1S/C16H19F2N3O3S/c1-4-21-15(19-20-16(21)25-9-14(22)23-5-2)10(3)24-13-7-6-11(17)8-12(13)18/h6-8,10H,4-5,9H2,1-3H3. The van der Waals surface area contributed by atoms with E-state index in [0.29, 0.717) is 24.1 Å². The number of carbonyl (C=O) groups is 1. The zero-order valence-corrected chi connectivity index (χ0v) is 15.0. The van der Waals surface area contributed by atoms with Crippen molar-refractivity contribution in [2.75, 3.05) is 12.4 Å². The number of esters is 1. The summed E-state index contributed by atoms with van der Waals surface area (Å²) in [6.45, 7) is 6.19. The van der Waals surface area contributed by atoms with Gasteiger partial charge in [-0.1, -0.05) is 11.8 Å². The first-order valence-electron chi connectivity index (χ1n) is 7.79. The van der Waals surface area contributed by atoms with Crippen LogP contribution in [0.4, 0.5) is 8.78 Å². The van der Waals surface area contributed by atoms with Crippen LogP contribution in [0.5, 0.6) is 5.75 Å². The molecule has 0 aliphatic carbocycles. The van der Waals surface area contributed by atoms with Crippen molar-refractivity contribution in [2.45, 2.75) is 38.6 Å². The van der Waals surface area contributed by atoms with Crippen molar-refractivity contribution in [2.24, 2.45) is 0 Å². The van der Waals surface area contributed by atoms with Crippen LogP contribution in [0.25, 0.3) is 0 Å². The van der Waals surface area contributed by atoms with Crippen molar-refractivity contribution in [3.05, 3.63) is 35.7 Å². The van der Waals surface area contributed by atoms with Crippen LogP contribution in [-0.2, 0) is 16.1 Å². The molecule has 0 fully saturated rings. The maximum Gasteiger partial charge on any atom is 0.316 e. The van der Waals surface area contributed by atoms with Crippen molar-refractivity contribution >= 4 is 17.7 Å². The summed E-state index contributed by atoms with van der Waals surface area (Å²) in [5.41, 5.74) is 0. The van der Waals surface area contributed by atoms with E-state index in [1.165, 1.54) is 17.8 Å². The topological polar surface area (TPSA) is 66.2 Å². The van der Waals surface area contributed by atoms with Crippen LogP contribution in [0.15, 0.2) is 23.4 Å². The Morgan fingerprint density at radius 1 is 1.32 bits per heavy atom. The summed E-state index contributed by atoms with van der Waals surface area (Å²) < 4.78 is 38.9. The lowest BCUT2D eigenvalue weighted by molar-refractivity contribution is -0.139. The number of benzene rings is 1. The third kappa shape index (κ3) is 4.91. The van der Waals surface area contributed by atoms with Gasteiger partial charge in [-0.15, -0.1) is 10.2 Å². The molecule has 25 heavy (non-hydrogen) atoms. The van der Waals surface area contributed by atoms with E-state index in [9.17, 15) is 13.6 Å². The smallest absolute Gasteiger partial charge is 0.316 e. The number of halogens is 2. The highest BCUT2D eigenvalue weighted by Crippen LogP contribution is 2.26. The highest BCUT2D eigenvalue weighted by Gasteiger charge is 2.20. The second-order valence-corrected chi connectivity index (χ2v) is 5.96. The number of carbonyl (C=O) groups excluding carboxylic acids is 1. The van der Waals surface area contributed by atoms with Gasteiger partial charge in [-0.3, -0.25) is 4.79 Å². The first-order valence-corrected chi connectivity index (χ1v) is 8.78. The summed E-state index contributed by atoms with van der Waals surface area (Å²) in [4.78, 5) is 11.5. The first kappa shape index (κ1) is 19.2. The summed E-state index contributed by atoms with van der Waals surface area (Å²) in [6.07, 6.45) is -0.607. The summed E-state index contributed by atoms with van der Waals surface area (Å²) in [5, 5.41) is 8.67. The molecule has 1 aromatic heterocycles. The molecule has 0 amide bonds. The molecule has 2 aromatic rings. The number of hydrogen-bond acceptors (Lipinski definition) is 6. The van der Waals surface area contributed by atoms with Crippen LogP contribution < -0.4 is 4.74 Å². The molecule has 0 aliphatic heterocycles. The van der Waals surface area contributed by atoms with Crippen molar-refractivity contribution in [1.29, 1.82) is 0 Å². The fourth-order valence-electron chi connectivity index (χ4n) is 2.14. The van der Waals surface area contributed by atoms with Crippen LogP contribution in [0, 0.1) is 11.6 Å². The third-order valence-corrected chi connectivity index (χ3v) is 4.19. The van der Waals surface area contributed by atoms with E-state index < -0.39 is 17.7 Å². The highest BCUT2D eigenvalue weighted by molar-refractivity contribution is 7.99. The number of aromatic nitrogens is 3. The lowest BCUT2D eigenvalue weighted by atomic mass is 10.3. The van der Waals surface area contributed by atoms with Gasteiger partial charge in [0.1, 0.15) is 5.82 Å². The summed E-state index contributed by atoms with van der Waals surface area (Å²) >= 11 is 1.20. The summed E-state index contributed by atoms with van der Waals surface area (Å²) in [6, 6.07) is 3.10. The average Bonchev–Trinajstić information content (AvgIpc) is 2.98. The molecule has 6 nitrogen and oxygen atoms in total. The molecule has 1 atom stereocenters. The zero-order valence-electron chi connectivity index (χ0n) is 14.2. The van der Waals surface area contributed by atoms with Crippen LogP contribution in [-0.4, -0.2) is 33.1 Å². The second kappa shape index (κ2) is 8.80. The molecule has 1 unspecified atom stereocenters. The lowest BCUT2D eigenvalue weighted by Gasteiger charge is -2.16. The van der Waals surface area contributed by atoms with Gasteiger partial charge in [0.15, 0.2) is 28.7 Å². The van der Waals surface area contributed by atoms with Gasteiger partial charge in [-0.25, -0.2) is 8.78 Å². The van der Waals surface area contributed by atoms with Crippen LogP contribution in [0.3, 0.4) is 0 Å². The number of ether oxygens (including phenoxy) is 2. The van der Waals surface area contributed by atoms with Gasteiger partial charge in [-0.2, -0.15) is 0 Å². The SMILES string of the molecule is CCOC(=O)CSc1nnc(C(C)Oc2ccc(F)cc2F)n1CC. The Labute approximate surface area is 148 Å². The maximum absolute atomic E-state index is 13.7. The Morgan fingerprint density at radius 2 is 2.08 bits per heavy atom. The van der Waals surface area contributed by atoms with Gasteiger partial charge in [-0.05, 0) is 32.9 Å². The molecule has 0 N–H and O–H groups in total. The third-order valence-electron chi connectivity index (χ3n) is 3.25. The molecular formula is C16H19F2N3O3S. The fourth-order valence-corrected chi connectivity index (χ4v) is 2.95. The Hall–Kier alpha value is -2.16. The lowest BCUT2D eigenvalue weighted by Crippen LogP contribution is -2.13. The average molecular weight is 371 g/mol. The van der Waals surface area contributed by atoms with Gasteiger partial charge < -0.3 is 14.0 Å². The molecule has 0 radical (unpaired) electrons. The minimum absolute atomic E-state index is 0.0692. The van der Waals surface area contributed by atoms with Crippen molar-refractivity contribution < 1.29 is 23.0 Å². The van der Waals surface area contributed by atoms with E-state index in [2.05, 4.69) is 10.2 Å². The Morgan fingerprint density at radius 3 is 2.72 bits per heavy atom. The van der Waals surface area contributed by atoms with Crippen LogP contribution in [0.1, 0.15) is 32.7 Å². The predicted octanol–water partition coefficient (Wildman–Crippen LogP) is 3.37. The van der Waals surface area contributed by atoms with E-state index in [1.807, 2.05) is 6.92 Å². The largest absolute Gasteiger partial charge is 0.480 e. The zero-order chi connectivity index (χ0) is 18.4. The van der Waals surface area contributed by atoms with Crippen molar-refractivity contribution in [1.82, 2.24) is 14.8 Å². The van der Waals surface area contributed by atoms with Crippen molar-refractivity contribution in [3.8, 4) is 5.75 Å². The normalized spacial score (nSPS) is 12.0. The minimum atomic E-state index is -0.786. The maximum atomic E-state index is 13.7. The van der Waals surface area contributed by atoms with Gasteiger partial charge in [0.2, 0.25) is 0 Å². The van der Waals surface area contributed by atoms with Gasteiger partial charge in [0, 0.05) is 12.6 Å². The molecular weight excluding hydrogens is 352 g/mol. The fraction of sp³-hybridized carbons (Fsp3) is 0.438. The van der Waals surface area contributed by atoms with Gasteiger partial charge in [0.05, 0.1) is 12.4 Å². The van der Waals surface area contributed by atoms with Crippen LogP contribution >= 0.6 is 11.8 Å². The molecule has 0 spiro atoms. The molecule has 9 heteroatoms. The predicted molar refractivity (Wildman–Crippen MR) is 88.5 cm³/mol. The van der Waals surface area contributed by atoms with E-state index >= 15 is 0 Å². The molecule has 0 saturated carbocycles. The highest BCUT2D eigenvalue weighted by atomic mass is 32.2. The summed E-state index contributed by atoms with van der Waals surface area (Å²) in [7, 11) is 0. The Bertz CT molecular complexity index is 739. The molecule has 0 saturated heterocycles. The van der Waals surface area contributed by atoms with E-state index in [-0.39, 0.29) is 17.5 Å². The Kier molecular flexibility index (Phi) is 6.74. The summed E-state index contributed by atoms with van der Waals surface area (Å²) in [5.74, 6) is -1.26. The molecule has 136 valence electrons. The van der Waals surface area contributed by atoms with Crippen LogP contribution in [0.2, 0.25) is 0 Å². The number of rotatable bonds is 8. The molecule has 2 rings (SSSR count). The number of nitrogens with zero attached hydrogens (tertiary/aromatic N) is 3. The first-order chi connectivity index (χ1) is 12.0. The van der Waals surface area contributed by atoms with Crippen molar-refractivity contribution in [3.63, 3.8) is 0 Å². The van der Waals surface area contributed by atoms with E-state index in [0.717, 1.165) is 12.1 Å². The molecule has 0 aliphatic rings. The number of hydrogen-bond donors (Lipinski definition) is 0. The quantitative estimate of drug-likeness (QED) is 0.524.